The third kappa shape index (κ3) is 4.09. The number of hydrogen-bond donors (Lipinski definition) is 2. The summed E-state index contributed by atoms with van der Waals surface area (Å²) in [6, 6.07) is 12.6. The van der Waals surface area contributed by atoms with E-state index in [1.165, 1.54) is 0 Å². The fourth-order valence-electron chi connectivity index (χ4n) is 2.27. The van der Waals surface area contributed by atoms with Gasteiger partial charge in [0.05, 0.1) is 30.0 Å². The van der Waals surface area contributed by atoms with Gasteiger partial charge in [0.2, 0.25) is 5.95 Å². The molecule has 1 heterocycles. The molecule has 2 aromatic carbocycles. The lowest BCUT2D eigenvalue weighted by atomic mass is 10.2. The lowest BCUT2D eigenvalue weighted by molar-refractivity contribution is 0.355. The van der Waals surface area contributed by atoms with Crippen LogP contribution < -0.4 is 20.1 Å². The normalized spacial score (nSPS) is 10.3. The zero-order valence-corrected chi connectivity index (χ0v) is 15.6. The molecule has 0 unspecified atom stereocenters. The van der Waals surface area contributed by atoms with Crippen LogP contribution in [-0.4, -0.2) is 24.2 Å². The second kappa shape index (κ2) is 8.12. The highest BCUT2D eigenvalue weighted by molar-refractivity contribution is 6.43. The maximum absolute atomic E-state index is 6.18. The molecule has 1 aromatic heterocycles. The van der Waals surface area contributed by atoms with E-state index in [9.17, 15) is 0 Å². The molecule has 2 N–H and O–H groups in total. The third-order valence-corrected chi connectivity index (χ3v) is 4.33. The van der Waals surface area contributed by atoms with Crippen LogP contribution in [0.2, 0.25) is 10.0 Å². The highest BCUT2D eigenvalue weighted by atomic mass is 35.5. The Hall–Kier alpha value is -2.70. The minimum atomic E-state index is 0.389. The molecule has 0 saturated carbocycles. The number of anilines is 4. The quantitative estimate of drug-likeness (QED) is 0.595. The fourth-order valence-corrected chi connectivity index (χ4v) is 2.62. The Morgan fingerprint density at radius 3 is 2.50 bits per heavy atom. The Labute approximate surface area is 161 Å². The number of aromatic nitrogens is 2. The molecular weight excluding hydrogens is 375 g/mol. The summed E-state index contributed by atoms with van der Waals surface area (Å²) in [4.78, 5) is 8.62. The zero-order chi connectivity index (χ0) is 18.5. The molecule has 8 heteroatoms. The first-order valence-corrected chi connectivity index (χ1v) is 8.39. The third-order valence-electron chi connectivity index (χ3n) is 3.51. The molecule has 0 fully saturated rings. The number of nitrogens with one attached hydrogen (secondary N) is 2. The molecule has 26 heavy (non-hydrogen) atoms. The van der Waals surface area contributed by atoms with Crippen molar-refractivity contribution in [1.29, 1.82) is 0 Å². The predicted octanol–water partition coefficient (Wildman–Crippen LogP) is 5.29. The van der Waals surface area contributed by atoms with E-state index in [0.29, 0.717) is 39.0 Å². The molecule has 0 atom stereocenters. The minimum Gasteiger partial charge on any atom is -0.493 e. The van der Waals surface area contributed by atoms with Crippen LogP contribution in [-0.2, 0) is 0 Å². The molecule has 6 nitrogen and oxygen atoms in total. The number of rotatable bonds is 6. The molecule has 0 amide bonds. The van der Waals surface area contributed by atoms with Gasteiger partial charge in [0, 0.05) is 18.0 Å². The summed E-state index contributed by atoms with van der Waals surface area (Å²) >= 11 is 12.2. The van der Waals surface area contributed by atoms with Crippen LogP contribution in [0.15, 0.2) is 48.7 Å². The second-order valence-electron chi connectivity index (χ2n) is 5.19. The minimum absolute atomic E-state index is 0.389. The lowest BCUT2D eigenvalue weighted by Crippen LogP contribution is -2.01. The maximum atomic E-state index is 6.18. The van der Waals surface area contributed by atoms with E-state index < -0.39 is 0 Å². The maximum Gasteiger partial charge on any atom is 0.229 e. The molecule has 0 aliphatic rings. The van der Waals surface area contributed by atoms with E-state index in [1.54, 1.807) is 44.7 Å². The molecule has 0 bridgehead atoms. The van der Waals surface area contributed by atoms with E-state index in [0.717, 1.165) is 5.69 Å². The Morgan fingerprint density at radius 1 is 0.923 bits per heavy atom. The summed E-state index contributed by atoms with van der Waals surface area (Å²) in [5, 5.41) is 7.12. The zero-order valence-electron chi connectivity index (χ0n) is 14.1. The molecule has 0 radical (unpaired) electrons. The summed E-state index contributed by atoms with van der Waals surface area (Å²) in [7, 11) is 3.18. The molecule has 0 aliphatic heterocycles. The van der Waals surface area contributed by atoms with Gasteiger partial charge in [-0.25, -0.2) is 4.98 Å². The van der Waals surface area contributed by atoms with Gasteiger partial charge in [-0.2, -0.15) is 4.98 Å². The summed E-state index contributed by atoms with van der Waals surface area (Å²) in [6.45, 7) is 0. The Balaban J connectivity index is 1.80. The Bertz CT molecular complexity index is 921. The first-order chi connectivity index (χ1) is 12.6. The van der Waals surface area contributed by atoms with Crippen LogP contribution in [0, 0.1) is 0 Å². The standard InChI is InChI=1S/C18H16Cl2N4O2/c1-25-14-7-6-11(10-15(14)26-2)22-16-8-9-21-18(24-16)23-13-5-3-4-12(19)17(13)20/h3-10H,1-2H3,(H2,21,22,23,24). The smallest absolute Gasteiger partial charge is 0.229 e. The van der Waals surface area contributed by atoms with Gasteiger partial charge in [-0.05, 0) is 30.3 Å². The highest BCUT2D eigenvalue weighted by Crippen LogP contribution is 2.32. The topological polar surface area (TPSA) is 68.3 Å². The van der Waals surface area contributed by atoms with Crippen LogP contribution in [0.1, 0.15) is 0 Å². The summed E-state index contributed by atoms with van der Waals surface area (Å²) in [5.74, 6) is 2.27. The van der Waals surface area contributed by atoms with Gasteiger partial charge in [-0.15, -0.1) is 0 Å². The number of halogens is 2. The summed E-state index contributed by atoms with van der Waals surface area (Å²) < 4.78 is 10.5. The number of nitrogens with zero attached hydrogens (tertiary/aromatic N) is 2. The monoisotopic (exact) mass is 390 g/mol. The van der Waals surface area contributed by atoms with Gasteiger partial charge in [0.25, 0.3) is 0 Å². The first-order valence-electron chi connectivity index (χ1n) is 7.64. The number of methoxy groups -OCH3 is 2. The van der Waals surface area contributed by atoms with Crippen molar-refractivity contribution in [3.63, 3.8) is 0 Å². The molecular formula is C18H16Cl2N4O2. The SMILES string of the molecule is COc1ccc(Nc2ccnc(Nc3cccc(Cl)c3Cl)n2)cc1OC. The molecule has 134 valence electrons. The number of benzene rings is 2. The van der Waals surface area contributed by atoms with Gasteiger partial charge in [0.1, 0.15) is 5.82 Å². The molecule has 0 saturated heterocycles. The number of ether oxygens (including phenoxy) is 2. The van der Waals surface area contributed by atoms with E-state index in [2.05, 4.69) is 20.6 Å². The molecule has 3 aromatic rings. The van der Waals surface area contributed by atoms with Crippen molar-refractivity contribution >= 4 is 46.3 Å². The molecule has 0 spiro atoms. The summed E-state index contributed by atoms with van der Waals surface area (Å²) in [6.07, 6.45) is 1.64. The van der Waals surface area contributed by atoms with Gasteiger partial charge >= 0.3 is 0 Å². The van der Waals surface area contributed by atoms with Gasteiger partial charge in [0.15, 0.2) is 11.5 Å². The average molecular weight is 391 g/mol. The predicted molar refractivity (Wildman–Crippen MR) is 105 cm³/mol. The van der Waals surface area contributed by atoms with Crippen molar-refractivity contribution in [2.75, 3.05) is 24.9 Å². The van der Waals surface area contributed by atoms with Crippen molar-refractivity contribution < 1.29 is 9.47 Å². The average Bonchev–Trinajstić information content (AvgIpc) is 2.65. The van der Waals surface area contributed by atoms with Crippen molar-refractivity contribution in [1.82, 2.24) is 9.97 Å². The first kappa shape index (κ1) is 18.1. The van der Waals surface area contributed by atoms with E-state index in [-0.39, 0.29) is 0 Å². The van der Waals surface area contributed by atoms with Gasteiger partial charge in [-0.3, -0.25) is 0 Å². The van der Waals surface area contributed by atoms with Crippen molar-refractivity contribution in [2.24, 2.45) is 0 Å². The largest absolute Gasteiger partial charge is 0.493 e. The van der Waals surface area contributed by atoms with Gasteiger partial charge in [-0.1, -0.05) is 29.3 Å². The van der Waals surface area contributed by atoms with Crippen molar-refractivity contribution in [3.05, 3.63) is 58.7 Å². The van der Waals surface area contributed by atoms with Crippen LogP contribution in [0.4, 0.5) is 23.1 Å². The van der Waals surface area contributed by atoms with E-state index in [4.69, 9.17) is 32.7 Å². The second-order valence-corrected chi connectivity index (χ2v) is 5.97. The lowest BCUT2D eigenvalue weighted by Gasteiger charge is -2.12. The van der Waals surface area contributed by atoms with Crippen molar-refractivity contribution in [3.8, 4) is 11.5 Å². The van der Waals surface area contributed by atoms with E-state index >= 15 is 0 Å². The van der Waals surface area contributed by atoms with Crippen LogP contribution in [0.5, 0.6) is 11.5 Å². The van der Waals surface area contributed by atoms with Crippen molar-refractivity contribution in [2.45, 2.75) is 0 Å². The van der Waals surface area contributed by atoms with Crippen LogP contribution >= 0.6 is 23.2 Å². The highest BCUT2D eigenvalue weighted by Gasteiger charge is 2.08. The van der Waals surface area contributed by atoms with E-state index in [1.807, 2.05) is 18.2 Å². The Morgan fingerprint density at radius 2 is 1.73 bits per heavy atom. The van der Waals surface area contributed by atoms with Gasteiger partial charge < -0.3 is 20.1 Å². The molecule has 0 aliphatic carbocycles. The van der Waals surface area contributed by atoms with Crippen LogP contribution in [0.3, 0.4) is 0 Å². The molecule has 3 rings (SSSR count). The van der Waals surface area contributed by atoms with Crippen LogP contribution in [0.25, 0.3) is 0 Å². The number of hydrogen-bond acceptors (Lipinski definition) is 6. The summed E-state index contributed by atoms with van der Waals surface area (Å²) in [5.41, 5.74) is 1.43. The fraction of sp³-hybridized carbons (Fsp3) is 0.111. The Kier molecular flexibility index (Phi) is 5.65.